The molecule has 0 aromatic carbocycles. The van der Waals surface area contributed by atoms with Crippen molar-refractivity contribution in [2.24, 2.45) is 5.73 Å². The summed E-state index contributed by atoms with van der Waals surface area (Å²) >= 11 is 0. The Hall–Kier alpha value is -0.610. The van der Waals surface area contributed by atoms with Gasteiger partial charge in [-0.3, -0.25) is 4.79 Å². The first-order chi connectivity index (χ1) is 4.52. The lowest BCUT2D eigenvalue weighted by Crippen LogP contribution is -2.42. The number of methoxy groups -OCH3 is 1. The van der Waals surface area contributed by atoms with Gasteiger partial charge in [-0.15, -0.1) is 0 Å². The van der Waals surface area contributed by atoms with Gasteiger partial charge >= 0.3 is 5.97 Å². The Morgan fingerprint density at radius 1 is 1.80 bits per heavy atom. The van der Waals surface area contributed by atoms with Crippen LogP contribution in [0, 0.1) is 0 Å². The third-order valence-corrected chi connectivity index (χ3v) is 1.14. The van der Waals surface area contributed by atoms with Crippen LogP contribution in [0.5, 0.6) is 0 Å². The zero-order valence-electron chi connectivity index (χ0n) is 6.26. The van der Waals surface area contributed by atoms with Crippen LogP contribution in [0.1, 0.15) is 13.3 Å². The molecule has 0 amide bonds. The highest BCUT2D eigenvalue weighted by Crippen LogP contribution is 2.04. The van der Waals surface area contributed by atoms with Crippen molar-refractivity contribution in [1.29, 1.82) is 0 Å². The molecule has 4 nitrogen and oxygen atoms in total. The highest BCUT2D eigenvalue weighted by molar-refractivity contribution is 5.70. The Labute approximate surface area is 60.0 Å². The average molecular weight is 147 g/mol. The van der Waals surface area contributed by atoms with E-state index in [-0.39, 0.29) is 13.0 Å². The normalized spacial score (nSPS) is 16.0. The van der Waals surface area contributed by atoms with E-state index in [1.165, 1.54) is 7.11 Å². The number of carbonyl (C=O) groups excluding carboxylic acids is 1. The molecule has 3 N–H and O–H groups in total. The number of hydrogen-bond donors (Lipinski definition) is 2. The summed E-state index contributed by atoms with van der Waals surface area (Å²) in [6.45, 7) is 1.37. The largest absolute Gasteiger partial charge is 0.469 e. The van der Waals surface area contributed by atoms with Gasteiger partial charge in [0.2, 0.25) is 0 Å². The van der Waals surface area contributed by atoms with E-state index in [1.807, 2.05) is 0 Å². The molecule has 0 unspecified atom stereocenters. The molecular weight excluding hydrogens is 134 g/mol. The predicted octanol–water partition coefficient (Wildman–Crippen LogP) is -0.741. The maximum absolute atomic E-state index is 10.6. The Kier molecular flexibility index (Phi) is 3.32. The van der Waals surface area contributed by atoms with Crippen molar-refractivity contribution in [3.8, 4) is 0 Å². The molecule has 0 aromatic rings. The minimum absolute atomic E-state index is 0.0417. The van der Waals surface area contributed by atoms with Crippen LogP contribution in [-0.4, -0.2) is 30.3 Å². The number of hydrogen-bond acceptors (Lipinski definition) is 4. The topological polar surface area (TPSA) is 72.5 Å². The molecule has 0 aliphatic heterocycles. The van der Waals surface area contributed by atoms with Crippen molar-refractivity contribution >= 4 is 5.97 Å². The van der Waals surface area contributed by atoms with E-state index < -0.39 is 11.5 Å². The van der Waals surface area contributed by atoms with E-state index in [0.717, 1.165) is 0 Å². The van der Waals surface area contributed by atoms with E-state index in [9.17, 15) is 4.79 Å². The van der Waals surface area contributed by atoms with E-state index in [0.29, 0.717) is 0 Å². The first-order valence-corrected chi connectivity index (χ1v) is 2.98. The zero-order valence-corrected chi connectivity index (χ0v) is 6.26. The first-order valence-electron chi connectivity index (χ1n) is 2.98. The number of rotatable bonds is 3. The van der Waals surface area contributed by atoms with Gasteiger partial charge in [-0.1, -0.05) is 0 Å². The summed E-state index contributed by atoms with van der Waals surface area (Å²) in [5, 5.41) is 8.61. The molecule has 0 aromatic heterocycles. The zero-order chi connectivity index (χ0) is 8.20. The summed E-state index contributed by atoms with van der Waals surface area (Å²) in [4.78, 5) is 10.6. The summed E-state index contributed by atoms with van der Waals surface area (Å²) in [6.07, 6.45) is 0.0417. The van der Waals surface area contributed by atoms with Gasteiger partial charge in [0.05, 0.1) is 20.1 Å². The highest BCUT2D eigenvalue weighted by atomic mass is 16.5. The monoisotopic (exact) mass is 147 g/mol. The molecule has 0 aliphatic carbocycles. The Balaban J connectivity index is 3.76. The highest BCUT2D eigenvalue weighted by Gasteiger charge is 2.21. The molecule has 0 saturated carbocycles. The molecule has 0 rings (SSSR count). The van der Waals surface area contributed by atoms with Crippen molar-refractivity contribution in [3.05, 3.63) is 0 Å². The lowest BCUT2D eigenvalue weighted by atomic mass is 10.0. The van der Waals surface area contributed by atoms with Crippen LogP contribution in [-0.2, 0) is 9.53 Å². The van der Waals surface area contributed by atoms with Crippen LogP contribution in [0.4, 0.5) is 0 Å². The third-order valence-electron chi connectivity index (χ3n) is 1.14. The van der Waals surface area contributed by atoms with E-state index in [4.69, 9.17) is 10.8 Å². The van der Waals surface area contributed by atoms with Gasteiger partial charge in [-0.2, -0.15) is 0 Å². The second-order valence-corrected chi connectivity index (χ2v) is 2.57. The van der Waals surface area contributed by atoms with Crippen LogP contribution < -0.4 is 5.73 Å². The first kappa shape index (κ1) is 9.39. The van der Waals surface area contributed by atoms with Gasteiger partial charge in [0.25, 0.3) is 0 Å². The van der Waals surface area contributed by atoms with Crippen LogP contribution in [0.3, 0.4) is 0 Å². The molecule has 60 valence electrons. The molecular formula is C6H13NO3. The van der Waals surface area contributed by atoms with Crippen LogP contribution in [0.15, 0.2) is 0 Å². The van der Waals surface area contributed by atoms with Crippen LogP contribution >= 0.6 is 0 Å². The van der Waals surface area contributed by atoms with E-state index in [2.05, 4.69) is 4.74 Å². The minimum atomic E-state index is -0.854. The number of aliphatic hydroxyl groups excluding tert-OH is 1. The standard InChI is InChI=1S/C6H13NO3/c1-6(7,4-8)3-5(9)10-2/h8H,3-4,7H2,1-2H3/t6-/m1/s1. The van der Waals surface area contributed by atoms with E-state index in [1.54, 1.807) is 6.92 Å². The maximum Gasteiger partial charge on any atom is 0.307 e. The molecule has 0 radical (unpaired) electrons. The van der Waals surface area contributed by atoms with Gasteiger partial charge in [0.15, 0.2) is 0 Å². The van der Waals surface area contributed by atoms with Gasteiger partial charge in [0, 0.05) is 5.54 Å². The van der Waals surface area contributed by atoms with Gasteiger partial charge < -0.3 is 15.6 Å². The van der Waals surface area contributed by atoms with Crippen LogP contribution in [0.25, 0.3) is 0 Å². The number of ether oxygens (including phenoxy) is 1. The number of nitrogens with two attached hydrogens (primary N) is 1. The fourth-order valence-electron chi connectivity index (χ4n) is 0.458. The molecule has 0 aliphatic rings. The fourth-order valence-corrected chi connectivity index (χ4v) is 0.458. The summed E-state index contributed by atoms with van der Waals surface area (Å²) in [5.74, 6) is -0.404. The van der Waals surface area contributed by atoms with Crippen molar-refractivity contribution in [1.82, 2.24) is 0 Å². The maximum atomic E-state index is 10.6. The summed E-state index contributed by atoms with van der Waals surface area (Å²) in [7, 11) is 1.29. The number of esters is 1. The second kappa shape index (κ2) is 3.53. The van der Waals surface area contributed by atoms with Crippen molar-refractivity contribution in [2.45, 2.75) is 18.9 Å². The predicted molar refractivity (Wildman–Crippen MR) is 36.3 cm³/mol. The molecule has 4 heteroatoms. The summed E-state index contributed by atoms with van der Waals surface area (Å²) in [6, 6.07) is 0. The molecule has 0 bridgehead atoms. The number of carbonyl (C=O) groups is 1. The molecule has 0 spiro atoms. The van der Waals surface area contributed by atoms with Crippen LogP contribution in [0.2, 0.25) is 0 Å². The molecule has 10 heavy (non-hydrogen) atoms. The van der Waals surface area contributed by atoms with E-state index >= 15 is 0 Å². The van der Waals surface area contributed by atoms with Crippen molar-refractivity contribution in [2.75, 3.05) is 13.7 Å². The average Bonchev–Trinajstić information content (AvgIpc) is 1.87. The smallest absolute Gasteiger partial charge is 0.307 e. The van der Waals surface area contributed by atoms with Gasteiger partial charge in [0.1, 0.15) is 0 Å². The number of aliphatic hydroxyl groups is 1. The molecule has 0 saturated heterocycles. The quantitative estimate of drug-likeness (QED) is 0.516. The third kappa shape index (κ3) is 3.42. The summed E-state index contributed by atoms with van der Waals surface area (Å²) in [5.41, 5.74) is 4.59. The SMILES string of the molecule is COC(=O)C[C@@](C)(N)CO. The minimum Gasteiger partial charge on any atom is -0.469 e. The second-order valence-electron chi connectivity index (χ2n) is 2.57. The lowest BCUT2D eigenvalue weighted by molar-refractivity contribution is -0.142. The van der Waals surface area contributed by atoms with Crippen molar-refractivity contribution < 1.29 is 14.6 Å². The molecule has 1 atom stereocenters. The van der Waals surface area contributed by atoms with Gasteiger partial charge in [-0.25, -0.2) is 0 Å². The Morgan fingerprint density at radius 2 is 2.30 bits per heavy atom. The Bertz CT molecular complexity index is 122. The van der Waals surface area contributed by atoms with Crippen molar-refractivity contribution in [3.63, 3.8) is 0 Å². The Morgan fingerprint density at radius 3 is 2.60 bits per heavy atom. The summed E-state index contributed by atoms with van der Waals surface area (Å²) < 4.78 is 4.36. The fraction of sp³-hybridized carbons (Fsp3) is 0.833. The lowest BCUT2D eigenvalue weighted by Gasteiger charge is -2.19. The molecule has 0 fully saturated rings. The molecule has 0 heterocycles. The van der Waals surface area contributed by atoms with Gasteiger partial charge in [-0.05, 0) is 6.92 Å².